The van der Waals surface area contributed by atoms with E-state index in [0.717, 1.165) is 18.4 Å². The lowest BCUT2D eigenvalue weighted by atomic mass is 9.45. The number of aliphatic hydroxyl groups is 1. The lowest BCUT2D eigenvalue weighted by Crippen LogP contribution is -2.62. The van der Waals surface area contributed by atoms with Crippen molar-refractivity contribution in [3.8, 4) is 0 Å². The Morgan fingerprint density at radius 1 is 1.12 bits per heavy atom. The van der Waals surface area contributed by atoms with E-state index < -0.39 is 29.1 Å². The number of carbonyl (C=O) groups excluding carboxylic acids is 4. The summed E-state index contributed by atoms with van der Waals surface area (Å²) < 4.78 is 10.6. The monoisotopic (exact) mass is 446 g/mol. The van der Waals surface area contributed by atoms with Crippen LogP contribution in [0.25, 0.3) is 0 Å². The van der Waals surface area contributed by atoms with Crippen LogP contribution in [0.2, 0.25) is 0 Å². The van der Waals surface area contributed by atoms with Gasteiger partial charge in [0.2, 0.25) is 0 Å². The fourth-order valence-electron chi connectivity index (χ4n) is 7.61. The molecule has 176 valence electrons. The first-order valence-corrected chi connectivity index (χ1v) is 11.7. The Hall–Kier alpha value is -2.02. The van der Waals surface area contributed by atoms with Crippen LogP contribution in [-0.2, 0) is 28.7 Å². The standard InChI is InChI=1S/C25H34O7/c1-14(26)31-13-21(32-15(2)27)25(30)10-8-19-18-6-5-16-11-17(28)7-9-23(16,3)22(18)20(29)12-24(19,25)4/h11,18-19,21-22,30H,5-10,12-13H2,1-4H3/t18-,19-,21+,22+,23+,24+,25-/m1/s1. The molecule has 7 atom stereocenters. The van der Waals surface area contributed by atoms with Gasteiger partial charge in [0.15, 0.2) is 11.9 Å². The number of carbonyl (C=O) groups is 4. The maximum atomic E-state index is 13.7. The van der Waals surface area contributed by atoms with Gasteiger partial charge in [0.05, 0.1) is 0 Å². The average molecular weight is 447 g/mol. The predicted octanol–water partition coefficient (Wildman–Crippen LogP) is 2.92. The molecule has 3 fully saturated rings. The second-order valence-corrected chi connectivity index (χ2v) is 10.8. The molecule has 0 aromatic rings. The maximum absolute atomic E-state index is 13.7. The van der Waals surface area contributed by atoms with E-state index in [1.807, 2.05) is 6.92 Å². The van der Waals surface area contributed by atoms with E-state index in [1.165, 1.54) is 13.8 Å². The van der Waals surface area contributed by atoms with Crippen molar-refractivity contribution in [2.75, 3.05) is 6.61 Å². The molecular formula is C25H34O7. The molecule has 0 saturated heterocycles. The van der Waals surface area contributed by atoms with E-state index in [0.29, 0.717) is 25.7 Å². The van der Waals surface area contributed by atoms with Crippen molar-refractivity contribution in [3.05, 3.63) is 11.6 Å². The van der Waals surface area contributed by atoms with Crippen LogP contribution in [0.3, 0.4) is 0 Å². The summed E-state index contributed by atoms with van der Waals surface area (Å²) in [5.74, 6) is -0.777. The summed E-state index contributed by atoms with van der Waals surface area (Å²) in [5.41, 5.74) is -1.44. The highest BCUT2D eigenvalue weighted by molar-refractivity contribution is 5.93. The van der Waals surface area contributed by atoms with E-state index >= 15 is 0 Å². The zero-order valence-corrected chi connectivity index (χ0v) is 19.4. The zero-order valence-electron chi connectivity index (χ0n) is 19.4. The van der Waals surface area contributed by atoms with Crippen LogP contribution in [0.15, 0.2) is 11.6 Å². The van der Waals surface area contributed by atoms with Crippen molar-refractivity contribution < 1.29 is 33.8 Å². The molecule has 7 nitrogen and oxygen atoms in total. The molecule has 0 aliphatic heterocycles. The van der Waals surface area contributed by atoms with Crippen molar-refractivity contribution in [1.29, 1.82) is 0 Å². The molecule has 0 aromatic carbocycles. The van der Waals surface area contributed by atoms with Crippen molar-refractivity contribution in [1.82, 2.24) is 0 Å². The van der Waals surface area contributed by atoms with Crippen molar-refractivity contribution in [2.45, 2.75) is 84.3 Å². The molecule has 0 radical (unpaired) electrons. The van der Waals surface area contributed by atoms with Crippen molar-refractivity contribution >= 4 is 23.5 Å². The molecule has 4 aliphatic rings. The van der Waals surface area contributed by atoms with E-state index in [2.05, 4.69) is 6.92 Å². The molecule has 7 heteroatoms. The Labute approximate surface area is 188 Å². The molecule has 3 saturated carbocycles. The molecule has 0 aromatic heterocycles. The molecule has 1 N–H and O–H groups in total. The molecule has 32 heavy (non-hydrogen) atoms. The second-order valence-electron chi connectivity index (χ2n) is 10.8. The number of allylic oxidation sites excluding steroid dienone is 1. The number of rotatable bonds is 4. The van der Waals surface area contributed by atoms with Gasteiger partial charge in [-0.25, -0.2) is 0 Å². The largest absolute Gasteiger partial charge is 0.462 e. The van der Waals surface area contributed by atoms with Gasteiger partial charge in [0, 0.05) is 38.0 Å². The normalized spacial score (nSPS) is 41.7. The summed E-state index contributed by atoms with van der Waals surface area (Å²) in [6.45, 7) is 6.36. The summed E-state index contributed by atoms with van der Waals surface area (Å²) in [7, 11) is 0. The first kappa shape index (κ1) is 23.1. The van der Waals surface area contributed by atoms with Gasteiger partial charge < -0.3 is 14.6 Å². The second kappa shape index (κ2) is 7.79. The lowest BCUT2D eigenvalue weighted by molar-refractivity contribution is -0.206. The SMILES string of the molecule is CC(=O)OC[C@H](OC(C)=O)[C@]1(O)CC[C@@H]2[C@H]3CCC4=CC(=O)CC[C@]4(C)[C@@H]3C(=O)C[C@@]21C. The Bertz CT molecular complexity index is 891. The minimum absolute atomic E-state index is 0.0848. The van der Waals surface area contributed by atoms with Crippen LogP contribution in [0.4, 0.5) is 0 Å². The first-order chi connectivity index (χ1) is 14.9. The Morgan fingerprint density at radius 2 is 1.84 bits per heavy atom. The Morgan fingerprint density at radius 3 is 2.50 bits per heavy atom. The van der Waals surface area contributed by atoms with Crippen LogP contribution in [0.5, 0.6) is 0 Å². The van der Waals surface area contributed by atoms with Gasteiger partial charge in [0.1, 0.15) is 18.0 Å². The van der Waals surface area contributed by atoms with E-state index in [1.54, 1.807) is 6.08 Å². The zero-order chi connectivity index (χ0) is 23.5. The van der Waals surface area contributed by atoms with Crippen LogP contribution in [-0.4, -0.2) is 46.9 Å². The highest BCUT2D eigenvalue weighted by Gasteiger charge is 2.69. The van der Waals surface area contributed by atoms with Gasteiger partial charge in [-0.15, -0.1) is 0 Å². The first-order valence-electron chi connectivity index (χ1n) is 11.7. The van der Waals surface area contributed by atoms with Gasteiger partial charge in [0.25, 0.3) is 0 Å². The topological polar surface area (TPSA) is 107 Å². The summed E-state index contributed by atoms with van der Waals surface area (Å²) in [4.78, 5) is 48.9. The molecule has 4 aliphatic carbocycles. The van der Waals surface area contributed by atoms with Crippen LogP contribution >= 0.6 is 0 Å². The molecule has 0 amide bonds. The molecular weight excluding hydrogens is 412 g/mol. The molecule has 0 bridgehead atoms. The van der Waals surface area contributed by atoms with Gasteiger partial charge in [-0.1, -0.05) is 19.4 Å². The smallest absolute Gasteiger partial charge is 0.303 e. The summed E-state index contributed by atoms with van der Waals surface area (Å²) in [6.07, 6.45) is 4.79. The average Bonchev–Trinajstić information content (AvgIpc) is 2.96. The number of ketones is 2. The molecule has 0 spiro atoms. The number of hydrogen-bond donors (Lipinski definition) is 1. The minimum atomic E-state index is -1.46. The van der Waals surface area contributed by atoms with E-state index in [4.69, 9.17) is 9.47 Å². The third kappa shape index (κ3) is 3.35. The van der Waals surface area contributed by atoms with Crippen LogP contribution in [0.1, 0.15) is 72.6 Å². The number of fused-ring (bicyclic) bond motifs is 5. The lowest BCUT2D eigenvalue weighted by Gasteiger charge is -2.58. The number of ether oxygens (including phenoxy) is 2. The quantitative estimate of drug-likeness (QED) is 0.662. The molecule has 0 heterocycles. The highest BCUT2D eigenvalue weighted by Crippen LogP contribution is 2.67. The van der Waals surface area contributed by atoms with Crippen LogP contribution < -0.4 is 0 Å². The maximum Gasteiger partial charge on any atom is 0.303 e. The van der Waals surface area contributed by atoms with Gasteiger partial charge in [-0.05, 0) is 55.4 Å². The van der Waals surface area contributed by atoms with Crippen LogP contribution in [0, 0.1) is 28.6 Å². The predicted molar refractivity (Wildman–Crippen MR) is 114 cm³/mol. The highest BCUT2D eigenvalue weighted by atomic mass is 16.6. The molecule has 4 rings (SSSR count). The van der Waals surface area contributed by atoms with Crippen molar-refractivity contribution in [2.24, 2.45) is 28.6 Å². The van der Waals surface area contributed by atoms with Gasteiger partial charge in [-0.3, -0.25) is 19.2 Å². The third-order valence-corrected chi connectivity index (χ3v) is 9.15. The minimum Gasteiger partial charge on any atom is -0.462 e. The Kier molecular flexibility index (Phi) is 5.63. The van der Waals surface area contributed by atoms with Gasteiger partial charge >= 0.3 is 11.9 Å². The summed E-state index contributed by atoms with van der Waals surface area (Å²) in [6, 6.07) is 0. The fraction of sp³-hybridized carbons (Fsp3) is 0.760. The number of esters is 2. The third-order valence-electron chi connectivity index (χ3n) is 9.15. The van der Waals surface area contributed by atoms with E-state index in [-0.39, 0.29) is 47.8 Å². The number of hydrogen-bond acceptors (Lipinski definition) is 7. The fourth-order valence-corrected chi connectivity index (χ4v) is 7.61. The number of Topliss-reactive ketones (excluding diaryl/α,β-unsaturated/α-hetero) is 1. The van der Waals surface area contributed by atoms with E-state index in [9.17, 15) is 24.3 Å². The summed E-state index contributed by atoms with van der Waals surface area (Å²) in [5, 5.41) is 11.9. The summed E-state index contributed by atoms with van der Waals surface area (Å²) >= 11 is 0. The van der Waals surface area contributed by atoms with Gasteiger partial charge in [-0.2, -0.15) is 0 Å². The van der Waals surface area contributed by atoms with Crippen molar-refractivity contribution in [3.63, 3.8) is 0 Å². The molecule has 0 unspecified atom stereocenters. The Balaban J connectivity index is 1.68.